The summed E-state index contributed by atoms with van der Waals surface area (Å²) < 4.78 is 0. The fourth-order valence-corrected chi connectivity index (χ4v) is 5.87. The number of hydrogen-bond donors (Lipinski definition) is 0. The molecule has 4 heteroatoms. The molecular formula is C30H42N2OS. The average molecular weight is 479 g/mol. The molecule has 0 radical (unpaired) electrons. The highest BCUT2D eigenvalue weighted by Gasteiger charge is 2.29. The number of carbonyl (C=O) groups excluding carboxylic acids is 1. The number of thioether (sulfide) groups is 1. The second-order valence-electron chi connectivity index (χ2n) is 10.1. The maximum absolute atomic E-state index is 13.0. The van der Waals surface area contributed by atoms with E-state index in [-0.39, 0.29) is 5.91 Å². The van der Waals surface area contributed by atoms with Crippen molar-refractivity contribution in [2.45, 2.75) is 76.5 Å². The van der Waals surface area contributed by atoms with Gasteiger partial charge in [-0.3, -0.25) is 9.69 Å². The smallest absolute Gasteiger partial charge is 0.253 e. The van der Waals surface area contributed by atoms with Gasteiger partial charge in [0, 0.05) is 47.9 Å². The summed E-state index contributed by atoms with van der Waals surface area (Å²) in [6, 6.07) is 9.70. The van der Waals surface area contributed by atoms with Crippen LogP contribution in [0.5, 0.6) is 0 Å². The molecule has 2 heterocycles. The fourth-order valence-electron chi connectivity index (χ4n) is 5.03. The van der Waals surface area contributed by atoms with Crippen molar-refractivity contribution in [2.75, 3.05) is 26.2 Å². The zero-order valence-corrected chi connectivity index (χ0v) is 22.6. The minimum Gasteiger partial charge on any atom is -0.339 e. The van der Waals surface area contributed by atoms with Gasteiger partial charge in [0.25, 0.3) is 5.91 Å². The van der Waals surface area contributed by atoms with Crippen LogP contribution < -0.4 is 0 Å². The third kappa shape index (κ3) is 7.23. The topological polar surface area (TPSA) is 23.6 Å². The Kier molecular flexibility index (Phi) is 9.85. The largest absolute Gasteiger partial charge is 0.339 e. The van der Waals surface area contributed by atoms with E-state index in [1.165, 1.54) is 16.0 Å². The Morgan fingerprint density at radius 2 is 1.65 bits per heavy atom. The zero-order chi connectivity index (χ0) is 24.7. The normalized spacial score (nSPS) is 18.2. The molecule has 184 valence electrons. The van der Waals surface area contributed by atoms with Gasteiger partial charge in [0.15, 0.2) is 0 Å². The third-order valence-corrected chi connectivity index (χ3v) is 7.86. The lowest BCUT2D eigenvalue weighted by Gasteiger charge is -2.41. The summed E-state index contributed by atoms with van der Waals surface area (Å²) >= 11 is 1.92. The van der Waals surface area contributed by atoms with Crippen LogP contribution in [0, 0.1) is 0 Å². The van der Waals surface area contributed by atoms with Crippen molar-refractivity contribution in [3.63, 3.8) is 0 Å². The molecule has 0 saturated carbocycles. The molecule has 0 aliphatic carbocycles. The molecule has 0 bridgehead atoms. The molecular weight excluding hydrogens is 436 g/mol. The van der Waals surface area contributed by atoms with Crippen LogP contribution >= 0.6 is 11.8 Å². The molecule has 2 aliphatic rings. The number of carbonyl (C=O) groups is 1. The summed E-state index contributed by atoms with van der Waals surface area (Å²) in [7, 11) is 0. The van der Waals surface area contributed by atoms with E-state index in [2.05, 4.69) is 56.5 Å². The van der Waals surface area contributed by atoms with E-state index in [4.69, 9.17) is 0 Å². The lowest BCUT2D eigenvalue weighted by Crippen LogP contribution is -2.48. The van der Waals surface area contributed by atoms with Crippen molar-refractivity contribution in [1.82, 2.24) is 9.80 Å². The molecule has 0 aromatic heterocycles. The number of piperidine rings is 2. The van der Waals surface area contributed by atoms with Gasteiger partial charge in [-0.15, -0.1) is 11.8 Å². The molecule has 1 aromatic rings. The molecule has 34 heavy (non-hydrogen) atoms. The van der Waals surface area contributed by atoms with E-state index >= 15 is 0 Å². The van der Waals surface area contributed by atoms with Gasteiger partial charge in [-0.2, -0.15) is 0 Å². The van der Waals surface area contributed by atoms with Crippen LogP contribution in [0.3, 0.4) is 0 Å². The van der Waals surface area contributed by atoms with Crippen LogP contribution in [0.1, 0.15) is 65.9 Å². The highest BCUT2D eigenvalue weighted by Crippen LogP contribution is 2.31. The summed E-state index contributed by atoms with van der Waals surface area (Å²) in [6.45, 7) is 18.5. The van der Waals surface area contributed by atoms with Gasteiger partial charge in [0.1, 0.15) is 0 Å². The molecule has 1 amide bonds. The Labute approximate surface area is 211 Å². The summed E-state index contributed by atoms with van der Waals surface area (Å²) in [5.41, 5.74) is 6.31. The van der Waals surface area contributed by atoms with Crippen LogP contribution in [0.25, 0.3) is 5.57 Å². The number of likely N-dealkylation sites (tertiary alicyclic amines) is 2. The first-order valence-corrected chi connectivity index (χ1v) is 13.6. The molecule has 1 aromatic carbocycles. The number of amides is 1. The molecule has 2 saturated heterocycles. The third-order valence-electron chi connectivity index (χ3n) is 6.85. The SMILES string of the molecule is C=C/C=C(\C=C(C)C)C(=O)N1CCC(N2CCC(=C(C)c3ccc(SC(C)C)cc3)CC2)CC1. The minimum atomic E-state index is 0.136. The predicted octanol–water partition coefficient (Wildman–Crippen LogP) is 7.13. The maximum Gasteiger partial charge on any atom is 0.253 e. The van der Waals surface area contributed by atoms with Gasteiger partial charge < -0.3 is 4.90 Å². The summed E-state index contributed by atoms with van der Waals surface area (Å²) in [6.07, 6.45) is 9.94. The summed E-state index contributed by atoms with van der Waals surface area (Å²) in [4.78, 5) is 19.0. The molecule has 0 unspecified atom stereocenters. The second-order valence-corrected chi connectivity index (χ2v) is 11.7. The number of hydrogen-bond acceptors (Lipinski definition) is 3. The van der Waals surface area contributed by atoms with E-state index in [0.29, 0.717) is 11.3 Å². The Morgan fingerprint density at radius 3 is 2.18 bits per heavy atom. The molecule has 2 aliphatic heterocycles. The number of rotatable bonds is 7. The van der Waals surface area contributed by atoms with Gasteiger partial charge in [-0.05, 0) is 69.7 Å². The van der Waals surface area contributed by atoms with Gasteiger partial charge in [0.2, 0.25) is 0 Å². The molecule has 0 spiro atoms. The maximum atomic E-state index is 13.0. The van der Waals surface area contributed by atoms with Crippen LogP contribution in [-0.2, 0) is 4.79 Å². The molecule has 0 N–H and O–H groups in total. The lowest BCUT2D eigenvalue weighted by molar-refractivity contribution is -0.128. The van der Waals surface area contributed by atoms with Gasteiger partial charge >= 0.3 is 0 Å². The molecule has 3 rings (SSSR count). The van der Waals surface area contributed by atoms with Crippen LogP contribution in [0.2, 0.25) is 0 Å². The molecule has 0 atom stereocenters. The minimum absolute atomic E-state index is 0.136. The number of nitrogens with zero attached hydrogens (tertiary/aromatic N) is 2. The molecule has 3 nitrogen and oxygen atoms in total. The average Bonchev–Trinajstić information content (AvgIpc) is 2.83. The van der Waals surface area contributed by atoms with E-state index in [1.807, 2.05) is 42.7 Å². The van der Waals surface area contributed by atoms with Crippen molar-refractivity contribution in [3.05, 3.63) is 71.4 Å². The summed E-state index contributed by atoms with van der Waals surface area (Å²) in [5.74, 6) is 0.136. The Hall–Kier alpha value is -2.04. The van der Waals surface area contributed by atoms with Crippen molar-refractivity contribution in [3.8, 4) is 0 Å². The highest BCUT2D eigenvalue weighted by molar-refractivity contribution is 7.99. The Morgan fingerprint density at radius 1 is 1.03 bits per heavy atom. The van der Waals surface area contributed by atoms with Gasteiger partial charge in [-0.25, -0.2) is 0 Å². The van der Waals surface area contributed by atoms with Crippen molar-refractivity contribution in [2.24, 2.45) is 0 Å². The van der Waals surface area contributed by atoms with Gasteiger partial charge in [-0.1, -0.05) is 61.9 Å². The number of benzene rings is 1. The first-order chi connectivity index (χ1) is 16.3. The standard InChI is InChI=1S/C30H42N2OS/c1-7-8-27(21-22(2)3)30(33)32-19-15-28(16-20-32)31-17-13-26(14-18-31)24(6)25-9-11-29(12-10-25)34-23(4)5/h7-12,21,23,28H,1,13-20H2,2-6H3/b27-8+. The van der Waals surface area contributed by atoms with Crippen molar-refractivity contribution >= 4 is 23.2 Å². The van der Waals surface area contributed by atoms with Crippen LogP contribution in [0.15, 0.2) is 70.7 Å². The van der Waals surface area contributed by atoms with Gasteiger partial charge in [0.05, 0.1) is 0 Å². The van der Waals surface area contributed by atoms with Crippen molar-refractivity contribution < 1.29 is 4.79 Å². The van der Waals surface area contributed by atoms with E-state index in [1.54, 1.807) is 11.6 Å². The quantitative estimate of drug-likeness (QED) is 0.237. The lowest BCUT2D eigenvalue weighted by atomic mass is 9.92. The Bertz CT molecular complexity index is 933. The zero-order valence-electron chi connectivity index (χ0n) is 21.8. The van der Waals surface area contributed by atoms with Crippen LogP contribution in [0.4, 0.5) is 0 Å². The van der Waals surface area contributed by atoms with E-state index < -0.39 is 0 Å². The Balaban J connectivity index is 1.53. The second kappa shape index (κ2) is 12.6. The predicted molar refractivity (Wildman–Crippen MR) is 148 cm³/mol. The van der Waals surface area contributed by atoms with Crippen molar-refractivity contribution in [1.29, 1.82) is 0 Å². The number of allylic oxidation sites excluding steroid dienone is 4. The fraction of sp³-hybridized carbons (Fsp3) is 0.500. The first-order valence-electron chi connectivity index (χ1n) is 12.7. The highest BCUT2D eigenvalue weighted by atomic mass is 32.2. The summed E-state index contributed by atoms with van der Waals surface area (Å²) in [5, 5.41) is 0.614. The monoisotopic (exact) mass is 478 g/mol. The van der Waals surface area contributed by atoms with E-state index in [9.17, 15) is 4.79 Å². The van der Waals surface area contributed by atoms with Crippen LogP contribution in [-0.4, -0.2) is 53.2 Å². The molecule has 2 fully saturated rings. The van der Waals surface area contributed by atoms with E-state index in [0.717, 1.165) is 63.0 Å². The first kappa shape index (κ1) is 26.6.